The molecule has 14 heavy (non-hydrogen) atoms. The Labute approximate surface area is 86.0 Å². The molecule has 1 aliphatic rings. The fraction of sp³-hybridized carbons (Fsp3) is 0.727. The summed E-state index contributed by atoms with van der Waals surface area (Å²) >= 11 is 0. The third-order valence-corrected chi connectivity index (χ3v) is 2.90. The maximum Gasteiger partial charge on any atom is 0.242 e. The van der Waals surface area contributed by atoms with Crippen LogP contribution in [0.1, 0.15) is 26.7 Å². The highest BCUT2D eigenvalue weighted by atomic mass is 16.2. The molecule has 0 heterocycles. The van der Waals surface area contributed by atoms with E-state index in [-0.39, 0.29) is 5.91 Å². The topological polar surface area (TPSA) is 46.3 Å². The molecule has 0 spiro atoms. The van der Waals surface area contributed by atoms with Crippen molar-refractivity contribution in [3.05, 3.63) is 12.7 Å². The second-order valence-corrected chi connectivity index (χ2v) is 4.19. The van der Waals surface area contributed by atoms with Crippen molar-refractivity contribution in [2.45, 2.75) is 32.2 Å². The molecule has 0 aromatic rings. The van der Waals surface area contributed by atoms with Gasteiger partial charge in [-0.2, -0.15) is 0 Å². The van der Waals surface area contributed by atoms with E-state index in [2.05, 4.69) is 6.58 Å². The third kappa shape index (κ3) is 2.15. The highest BCUT2D eigenvalue weighted by Crippen LogP contribution is 2.38. The molecule has 2 N–H and O–H groups in total. The van der Waals surface area contributed by atoms with Crippen molar-refractivity contribution in [2.75, 3.05) is 13.1 Å². The lowest BCUT2D eigenvalue weighted by Gasteiger charge is -2.30. The van der Waals surface area contributed by atoms with Crippen LogP contribution in [0.3, 0.4) is 0 Å². The first-order chi connectivity index (χ1) is 6.54. The maximum atomic E-state index is 12.0. The van der Waals surface area contributed by atoms with E-state index in [1.807, 2.05) is 13.8 Å². The number of hydrogen-bond donors (Lipinski definition) is 1. The van der Waals surface area contributed by atoms with E-state index in [4.69, 9.17) is 5.73 Å². The Kier molecular flexibility index (Phi) is 3.32. The van der Waals surface area contributed by atoms with Gasteiger partial charge in [-0.05, 0) is 32.6 Å². The molecule has 0 aromatic carbocycles. The maximum absolute atomic E-state index is 12.0. The molecule has 1 amide bonds. The molecule has 0 bridgehead atoms. The van der Waals surface area contributed by atoms with E-state index in [0.717, 1.165) is 12.8 Å². The molecule has 0 aliphatic heterocycles. The van der Waals surface area contributed by atoms with E-state index in [1.165, 1.54) is 0 Å². The quantitative estimate of drug-likeness (QED) is 0.670. The first-order valence-corrected chi connectivity index (χ1v) is 5.23. The van der Waals surface area contributed by atoms with Gasteiger partial charge >= 0.3 is 0 Å². The predicted molar refractivity (Wildman–Crippen MR) is 57.8 cm³/mol. The molecule has 0 radical (unpaired) electrons. The molecular formula is C11H20N2O. The Morgan fingerprint density at radius 2 is 2.29 bits per heavy atom. The van der Waals surface area contributed by atoms with Crippen molar-refractivity contribution < 1.29 is 4.79 Å². The predicted octanol–water partition coefficient (Wildman–Crippen LogP) is 1.15. The van der Waals surface area contributed by atoms with Crippen LogP contribution in [0, 0.1) is 5.92 Å². The molecule has 1 aliphatic carbocycles. The number of hydrogen-bond acceptors (Lipinski definition) is 2. The molecule has 3 nitrogen and oxygen atoms in total. The number of carbonyl (C=O) groups excluding carboxylic acids is 1. The van der Waals surface area contributed by atoms with Gasteiger partial charge in [-0.25, -0.2) is 0 Å². The molecule has 0 aromatic heterocycles. The number of likely N-dealkylation sites (N-methyl/N-ethyl adjacent to an activating group) is 1. The summed E-state index contributed by atoms with van der Waals surface area (Å²) < 4.78 is 0. The first kappa shape index (κ1) is 11.2. The number of nitrogens with two attached hydrogens (primary N) is 1. The fourth-order valence-corrected chi connectivity index (χ4v) is 1.71. The Hall–Kier alpha value is -0.830. The molecule has 1 saturated carbocycles. The number of rotatable bonds is 5. The van der Waals surface area contributed by atoms with Crippen molar-refractivity contribution >= 4 is 5.91 Å². The second kappa shape index (κ2) is 4.13. The van der Waals surface area contributed by atoms with Crippen LogP contribution in [-0.2, 0) is 4.79 Å². The van der Waals surface area contributed by atoms with Crippen LogP contribution in [0.5, 0.6) is 0 Å². The average Bonchev–Trinajstić information content (AvgIpc) is 2.96. The molecule has 1 unspecified atom stereocenters. The van der Waals surface area contributed by atoms with Gasteiger partial charge in [-0.15, -0.1) is 6.58 Å². The summed E-state index contributed by atoms with van der Waals surface area (Å²) in [5.74, 6) is 0.441. The van der Waals surface area contributed by atoms with Crippen LogP contribution in [0.4, 0.5) is 0 Å². The highest BCUT2D eigenvalue weighted by molar-refractivity contribution is 5.86. The summed E-state index contributed by atoms with van der Waals surface area (Å²) in [6, 6.07) is 0. The van der Waals surface area contributed by atoms with Crippen LogP contribution in [0.2, 0.25) is 0 Å². The van der Waals surface area contributed by atoms with E-state index in [9.17, 15) is 4.79 Å². The van der Waals surface area contributed by atoms with Crippen molar-refractivity contribution in [1.82, 2.24) is 4.90 Å². The Morgan fingerprint density at radius 1 is 1.71 bits per heavy atom. The van der Waals surface area contributed by atoms with Crippen molar-refractivity contribution in [1.29, 1.82) is 0 Å². The van der Waals surface area contributed by atoms with Gasteiger partial charge < -0.3 is 10.6 Å². The van der Waals surface area contributed by atoms with E-state index in [1.54, 1.807) is 11.0 Å². The van der Waals surface area contributed by atoms with E-state index in [0.29, 0.717) is 19.0 Å². The Bertz CT molecular complexity index is 231. The summed E-state index contributed by atoms with van der Waals surface area (Å²) in [6.45, 7) is 8.74. The third-order valence-electron chi connectivity index (χ3n) is 2.90. The average molecular weight is 196 g/mol. The van der Waals surface area contributed by atoms with Crippen LogP contribution in [0.25, 0.3) is 0 Å². The number of nitrogens with zero attached hydrogens (tertiary/aromatic N) is 1. The monoisotopic (exact) mass is 196 g/mol. The summed E-state index contributed by atoms with van der Waals surface area (Å²) in [6.07, 6.45) is 3.92. The van der Waals surface area contributed by atoms with Crippen LogP contribution in [0.15, 0.2) is 12.7 Å². The molecule has 1 fully saturated rings. The van der Waals surface area contributed by atoms with Gasteiger partial charge in [-0.3, -0.25) is 4.79 Å². The smallest absolute Gasteiger partial charge is 0.242 e. The number of carbonyl (C=O) groups is 1. The summed E-state index contributed by atoms with van der Waals surface area (Å²) in [4.78, 5) is 13.8. The zero-order valence-corrected chi connectivity index (χ0v) is 9.12. The standard InChI is InChI=1S/C11H20N2O/c1-4-8-13(5-2)10(14)11(3,12)9-6-7-9/h4,9H,1,5-8,12H2,2-3H3. The van der Waals surface area contributed by atoms with E-state index < -0.39 is 5.54 Å². The SMILES string of the molecule is C=CCN(CC)C(=O)C(C)(N)C1CC1. The fourth-order valence-electron chi connectivity index (χ4n) is 1.71. The lowest BCUT2D eigenvalue weighted by Crippen LogP contribution is -2.54. The van der Waals surface area contributed by atoms with Crippen molar-refractivity contribution in [3.63, 3.8) is 0 Å². The second-order valence-electron chi connectivity index (χ2n) is 4.19. The minimum Gasteiger partial charge on any atom is -0.338 e. The summed E-state index contributed by atoms with van der Waals surface area (Å²) in [5, 5.41) is 0. The zero-order valence-electron chi connectivity index (χ0n) is 9.12. The largest absolute Gasteiger partial charge is 0.338 e. The lowest BCUT2D eigenvalue weighted by atomic mass is 9.95. The van der Waals surface area contributed by atoms with Gasteiger partial charge in [0.05, 0.1) is 5.54 Å². The van der Waals surface area contributed by atoms with Gasteiger partial charge in [0.2, 0.25) is 5.91 Å². The van der Waals surface area contributed by atoms with Gasteiger partial charge in [0.1, 0.15) is 0 Å². The zero-order chi connectivity index (χ0) is 10.8. The Balaban J connectivity index is 2.64. The van der Waals surface area contributed by atoms with E-state index >= 15 is 0 Å². The van der Waals surface area contributed by atoms with Gasteiger partial charge in [0.15, 0.2) is 0 Å². The highest BCUT2D eigenvalue weighted by Gasteiger charge is 2.45. The van der Waals surface area contributed by atoms with Crippen molar-refractivity contribution in [3.8, 4) is 0 Å². The molecule has 1 atom stereocenters. The van der Waals surface area contributed by atoms with Crippen LogP contribution in [-0.4, -0.2) is 29.4 Å². The molecule has 80 valence electrons. The van der Waals surface area contributed by atoms with Gasteiger partial charge in [-0.1, -0.05) is 6.08 Å². The Morgan fingerprint density at radius 3 is 2.64 bits per heavy atom. The minimum atomic E-state index is -0.668. The molecular weight excluding hydrogens is 176 g/mol. The minimum absolute atomic E-state index is 0.0578. The normalized spacial score (nSPS) is 19.9. The van der Waals surface area contributed by atoms with Crippen LogP contribution < -0.4 is 5.73 Å². The number of amides is 1. The van der Waals surface area contributed by atoms with Crippen molar-refractivity contribution in [2.24, 2.45) is 11.7 Å². The first-order valence-electron chi connectivity index (χ1n) is 5.23. The summed E-state index contributed by atoms with van der Waals surface area (Å²) in [7, 11) is 0. The molecule has 0 saturated heterocycles. The van der Waals surface area contributed by atoms with Gasteiger partial charge in [0, 0.05) is 13.1 Å². The van der Waals surface area contributed by atoms with Gasteiger partial charge in [0.25, 0.3) is 0 Å². The van der Waals surface area contributed by atoms with Crippen LogP contribution >= 0.6 is 0 Å². The molecule has 1 rings (SSSR count). The summed E-state index contributed by atoms with van der Waals surface area (Å²) in [5.41, 5.74) is 5.38. The molecule has 3 heteroatoms. The lowest BCUT2D eigenvalue weighted by molar-refractivity contribution is -0.136.